The molecule has 3 rings (SSSR count). The first-order valence-corrected chi connectivity index (χ1v) is 7.16. The lowest BCUT2D eigenvalue weighted by Gasteiger charge is -2.35. The van der Waals surface area contributed by atoms with E-state index < -0.39 is 0 Å². The number of ether oxygens (including phenoxy) is 2. The first-order valence-electron chi connectivity index (χ1n) is 7.16. The van der Waals surface area contributed by atoms with Crippen LogP contribution in [-0.4, -0.2) is 49.4 Å². The summed E-state index contributed by atoms with van der Waals surface area (Å²) in [6.45, 7) is 5.25. The molecule has 1 fully saturated rings. The molecule has 110 valence electrons. The molecule has 1 saturated heterocycles. The Kier molecular flexibility index (Phi) is 3.92. The summed E-state index contributed by atoms with van der Waals surface area (Å²) in [5.74, 6) is 0.616. The summed E-state index contributed by atoms with van der Waals surface area (Å²) in [6, 6.07) is 4.77. The van der Waals surface area contributed by atoms with Gasteiger partial charge >= 0.3 is 0 Å². The number of halogens is 1. The molecule has 0 radical (unpaired) electrons. The minimum absolute atomic E-state index is 0.0357. The van der Waals surface area contributed by atoms with Crippen LogP contribution < -0.4 is 10.5 Å². The molecule has 1 aromatic carbocycles. The van der Waals surface area contributed by atoms with Gasteiger partial charge in [0.25, 0.3) is 0 Å². The van der Waals surface area contributed by atoms with Crippen LogP contribution in [0.2, 0.25) is 0 Å². The number of fused-ring (bicyclic) bond motifs is 1. The predicted octanol–water partition coefficient (Wildman–Crippen LogP) is 1.18. The van der Waals surface area contributed by atoms with E-state index in [0.29, 0.717) is 6.61 Å². The molecule has 0 spiro atoms. The standard InChI is InChI=1S/C15H21FN2O2/c1-10(17)15-9-18(4-5-19-15)8-13-7-11-6-12(16)2-3-14(11)20-13/h2-3,6,10,13,15H,4-5,7-9,17H2,1H3. The molecule has 0 aromatic heterocycles. The number of nitrogens with two attached hydrogens (primary N) is 1. The van der Waals surface area contributed by atoms with Crippen molar-refractivity contribution in [2.24, 2.45) is 5.73 Å². The normalized spacial score (nSPS) is 27.9. The number of nitrogens with zero attached hydrogens (tertiary/aromatic N) is 1. The molecule has 2 aliphatic heterocycles. The third-order valence-corrected chi connectivity index (χ3v) is 3.99. The summed E-state index contributed by atoms with van der Waals surface area (Å²) in [7, 11) is 0. The summed E-state index contributed by atoms with van der Waals surface area (Å²) in [5, 5.41) is 0. The number of hydrogen-bond acceptors (Lipinski definition) is 4. The highest BCUT2D eigenvalue weighted by molar-refractivity contribution is 5.37. The Hall–Kier alpha value is -1.17. The van der Waals surface area contributed by atoms with Crippen molar-refractivity contribution in [1.82, 2.24) is 4.90 Å². The largest absolute Gasteiger partial charge is 0.488 e. The van der Waals surface area contributed by atoms with Gasteiger partial charge in [0.1, 0.15) is 17.7 Å². The Morgan fingerprint density at radius 2 is 2.35 bits per heavy atom. The first-order chi connectivity index (χ1) is 9.61. The lowest BCUT2D eigenvalue weighted by Crippen LogP contribution is -2.51. The smallest absolute Gasteiger partial charge is 0.123 e. The Morgan fingerprint density at radius 3 is 3.15 bits per heavy atom. The zero-order valence-corrected chi connectivity index (χ0v) is 11.7. The van der Waals surface area contributed by atoms with Crippen molar-refractivity contribution < 1.29 is 13.9 Å². The van der Waals surface area contributed by atoms with Gasteiger partial charge in [-0.2, -0.15) is 0 Å². The van der Waals surface area contributed by atoms with E-state index in [-0.39, 0.29) is 24.1 Å². The molecule has 20 heavy (non-hydrogen) atoms. The van der Waals surface area contributed by atoms with Crippen LogP contribution in [-0.2, 0) is 11.2 Å². The molecule has 4 nitrogen and oxygen atoms in total. The van der Waals surface area contributed by atoms with Crippen LogP contribution in [0.4, 0.5) is 4.39 Å². The molecule has 0 aliphatic carbocycles. The van der Waals surface area contributed by atoms with Gasteiger partial charge in [0.15, 0.2) is 0 Å². The van der Waals surface area contributed by atoms with Crippen LogP contribution in [0.15, 0.2) is 18.2 Å². The molecule has 1 aromatic rings. The van der Waals surface area contributed by atoms with Crippen molar-refractivity contribution in [2.75, 3.05) is 26.2 Å². The molecule has 2 heterocycles. The number of rotatable bonds is 3. The molecule has 0 bridgehead atoms. The fraction of sp³-hybridized carbons (Fsp3) is 0.600. The van der Waals surface area contributed by atoms with Crippen molar-refractivity contribution in [3.63, 3.8) is 0 Å². The number of hydrogen-bond donors (Lipinski definition) is 1. The number of benzene rings is 1. The van der Waals surface area contributed by atoms with Crippen LogP contribution in [0.25, 0.3) is 0 Å². The van der Waals surface area contributed by atoms with Crippen molar-refractivity contribution in [3.8, 4) is 5.75 Å². The van der Waals surface area contributed by atoms with Gasteiger partial charge in [-0.15, -0.1) is 0 Å². The average Bonchev–Trinajstić information content (AvgIpc) is 2.80. The molecule has 2 aliphatic rings. The van der Waals surface area contributed by atoms with E-state index in [9.17, 15) is 4.39 Å². The second-order valence-corrected chi connectivity index (χ2v) is 5.72. The zero-order chi connectivity index (χ0) is 14.1. The van der Waals surface area contributed by atoms with Crippen LogP contribution in [0.3, 0.4) is 0 Å². The van der Waals surface area contributed by atoms with E-state index in [0.717, 1.165) is 37.4 Å². The van der Waals surface area contributed by atoms with Gasteiger partial charge < -0.3 is 15.2 Å². The second-order valence-electron chi connectivity index (χ2n) is 5.72. The Labute approximate surface area is 118 Å². The van der Waals surface area contributed by atoms with E-state index in [1.54, 1.807) is 12.1 Å². The molecular formula is C15H21FN2O2. The SMILES string of the molecule is CC(N)C1CN(CC2Cc3cc(F)ccc3O2)CCO1. The zero-order valence-electron chi connectivity index (χ0n) is 11.7. The van der Waals surface area contributed by atoms with Gasteiger partial charge in [0.2, 0.25) is 0 Å². The van der Waals surface area contributed by atoms with E-state index >= 15 is 0 Å². The van der Waals surface area contributed by atoms with E-state index in [1.165, 1.54) is 6.07 Å². The predicted molar refractivity (Wildman–Crippen MR) is 74.3 cm³/mol. The fourth-order valence-electron chi connectivity index (χ4n) is 2.89. The Balaban J connectivity index is 1.57. The maximum atomic E-state index is 13.2. The summed E-state index contributed by atoms with van der Waals surface area (Å²) < 4.78 is 24.7. The second kappa shape index (κ2) is 5.68. The van der Waals surface area contributed by atoms with Gasteiger partial charge in [0, 0.05) is 37.7 Å². The fourth-order valence-corrected chi connectivity index (χ4v) is 2.89. The van der Waals surface area contributed by atoms with Crippen molar-refractivity contribution in [3.05, 3.63) is 29.6 Å². The quantitative estimate of drug-likeness (QED) is 0.903. The van der Waals surface area contributed by atoms with Crippen LogP contribution in [0.1, 0.15) is 12.5 Å². The molecular weight excluding hydrogens is 259 g/mol. The molecule has 5 heteroatoms. The highest BCUT2D eigenvalue weighted by Gasteiger charge is 2.29. The van der Waals surface area contributed by atoms with Crippen LogP contribution in [0.5, 0.6) is 5.75 Å². The van der Waals surface area contributed by atoms with Gasteiger partial charge in [-0.3, -0.25) is 4.90 Å². The Morgan fingerprint density at radius 1 is 1.50 bits per heavy atom. The van der Waals surface area contributed by atoms with Gasteiger partial charge in [-0.05, 0) is 25.1 Å². The minimum atomic E-state index is -0.198. The maximum absolute atomic E-state index is 13.2. The third kappa shape index (κ3) is 2.95. The summed E-state index contributed by atoms with van der Waals surface area (Å²) in [5.41, 5.74) is 6.86. The maximum Gasteiger partial charge on any atom is 0.123 e. The van der Waals surface area contributed by atoms with Crippen LogP contribution >= 0.6 is 0 Å². The van der Waals surface area contributed by atoms with E-state index in [2.05, 4.69) is 4.90 Å². The molecule has 0 saturated carbocycles. The molecule has 2 N–H and O–H groups in total. The van der Waals surface area contributed by atoms with E-state index in [1.807, 2.05) is 6.92 Å². The van der Waals surface area contributed by atoms with E-state index in [4.69, 9.17) is 15.2 Å². The summed E-state index contributed by atoms with van der Waals surface area (Å²) in [4.78, 5) is 2.32. The van der Waals surface area contributed by atoms with Crippen molar-refractivity contribution in [1.29, 1.82) is 0 Å². The summed E-state index contributed by atoms with van der Waals surface area (Å²) in [6.07, 6.45) is 0.955. The highest BCUT2D eigenvalue weighted by Crippen LogP contribution is 2.29. The lowest BCUT2D eigenvalue weighted by atomic mass is 10.1. The molecule has 3 unspecified atom stereocenters. The topological polar surface area (TPSA) is 47.7 Å². The van der Waals surface area contributed by atoms with Crippen molar-refractivity contribution in [2.45, 2.75) is 31.6 Å². The van der Waals surface area contributed by atoms with Gasteiger partial charge in [-0.25, -0.2) is 4.39 Å². The lowest BCUT2D eigenvalue weighted by molar-refractivity contribution is -0.0452. The van der Waals surface area contributed by atoms with Crippen LogP contribution in [0, 0.1) is 5.82 Å². The molecule has 3 atom stereocenters. The van der Waals surface area contributed by atoms with Gasteiger partial charge in [0.05, 0.1) is 12.7 Å². The highest BCUT2D eigenvalue weighted by atomic mass is 19.1. The molecule has 0 amide bonds. The average molecular weight is 280 g/mol. The summed E-state index contributed by atoms with van der Waals surface area (Å²) >= 11 is 0. The van der Waals surface area contributed by atoms with Gasteiger partial charge in [-0.1, -0.05) is 0 Å². The Bertz CT molecular complexity index is 481. The minimum Gasteiger partial charge on any atom is -0.488 e. The first kappa shape index (κ1) is 13.8. The number of morpholine rings is 1. The third-order valence-electron chi connectivity index (χ3n) is 3.99. The van der Waals surface area contributed by atoms with Crippen molar-refractivity contribution >= 4 is 0 Å². The monoisotopic (exact) mass is 280 g/mol.